The standard InChI is InChI=1S/C13H18N2O5S2/c1-2-10-3-5-12(6-4-10)22(19,20)15-14-13(16)11-7-8-21(17,18)9-11/h3-6,11,15H,2,7-9H2,1H3,(H,14,16)/t11-/m0/s1. The molecular formula is C13H18N2O5S2. The summed E-state index contributed by atoms with van der Waals surface area (Å²) in [6.45, 7) is 1.96. The van der Waals surface area contributed by atoms with Crippen molar-refractivity contribution in [3.8, 4) is 0 Å². The van der Waals surface area contributed by atoms with Gasteiger partial charge in [-0.25, -0.2) is 16.8 Å². The molecule has 9 heteroatoms. The molecule has 1 aromatic rings. The molecule has 2 N–H and O–H groups in total. The van der Waals surface area contributed by atoms with Crippen LogP contribution in [0.5, 0.6) is 0 Å². The molecule has 1 saturated heterocycles. The van der Waals surface area contributed by atoms with Gasteiger partial charge in [0.05, 0.1) is 22.3 Å². The van der Waals surface area contributed by atoms with Crippen molar-refractivity contribution in [2.45, 2.75) is 24.7 Å². The highest BCUT2D eigenvalue weighted by Gasteiger charge is 2.33. The Morgan fingerprint density at radius 3 is 2.41 bits per heavy atom. The zero-order valence-corrected chi connectivity index (χ0v) is 13.7. The Kier molecular flexibility index (Phi) is 4.88. The van der Waals surface area contributed by atoms with Crippen LogP contribution >= 0.6 is 0 Å². The molecule has 0 radical (unpaired) electrons. The quantitative estimate of drug-likeness (QED) is 0.729. The third kappa shape index (κ3) is 4.05. The fraction of sp³-hybridized carbons (Fsp3) is 0.462. The van der Waals surface area contributed by atoms with E-state index < -0.39 is 31.7 Å². The number of amides is 1. The predicted octanol–water partition coefficient (Wildman–Crippen LogP) is -0.00680. The van der Waals surface area contributed by atoms with E-state index in [4.69, 9.17) is 0 Å². The Balaban J connectivity index is 1.99. The third-order valence-electron chi connectivity index (χ3n) is 3.55. The molecule has 7 nitrogen and oxygen atoms in total. The minimum absolute atomic E-state index is 0.0315. The van der Waals surface area contributed by atoms with Gasteiger partial charge in [-0.15, -0.1) is 4.83 Å². The third-order valence-corrected chi connectivity index (χ3v) is 6.59. The maximum Gasteiger partial charge on any atom is 0.257 e. The highest BCUT2D eigenvalue weighted by Crippen LogP contribution is 2.18. The van der Waals surface area contributed by atoms with Crippen LogP contribution in [0.2, 0.25) is 0 Å². The average Bonchev–Trinajstić information content (AvgIpc) is 2.85. The number of hydrogen-bond acceptors (Lipinski definition) is 5. The molecular weight excluding hydrogens is 328 g/mol. The van der Waals surface area contributed by atoms with E-state index in [2.05, 4.69) is 5.43 Å². The van der Waals surface area contributed by atoms with Gasteiger partial charge in [-0.05, 0) is 30.5 Å². The lowest BCUT2D eigenvalue weighted by Crippen LogP contribution is -2.44. The molecule has 1 fully saturated rings. The van der Waals surface area contributed by atoms with Crippen LogP contribution in [-0.2, 0) is 31.1 Å². The minimum atomic E-state index is -3.87. The van der Waals surface area contributed by atoms with Crippen molar-refractivity contribution in [1.82, 2.24) is 10.3 Å². The summed E-state index contributed by atoms with van der Waals surface area (Å²) < 4.78 is 46.7. The van der Waals surface area contributed by atoms with Crippen molar-refractivity contribution in [2.24, 2.45) is 5.92 Å². The molecule has 2 rings (SSSR count). The molecule has 0 bridgehead atoms. The Morgan fingerprint density at radius 2 is 1.91 bits per heavy atom. The monoisotopic (exact) mass is 346 g/mol. The fourth-order valence-electron chi connectivity index (χ4n) is 2.18. The zero-order chi connectivity index (χ0) is 16.4. The van der Waals surface area contributed by atoms with Gasteiger partial charge in [-0.1, -0.05) is 19.1 Å². The molecule has 1 amide bonds. The lowest BCUT2D eigenvalue weighted by atomic mass is 10.1. The summed E-state index contributed by atoms with van der Waals surface area (Å²) in [4.78, 5) is 13.8. The SMILES string of the molecule is CCc1ccc(S(=O)(=O)NNC(=O)[C@H]2CCS(=O)(=O)C2)cc1. The summed E-state index contributed by atoms with van der Waals surface area (Å²) in [5.74, 6) is -1.63. The van der Waals surface area contributed by atoms with Crippen molar-refractivity contribution in [2.75, 3.05) is 11.5 Å². The molecule has 0 aromatic heterocycles. The predicted molar refractivity (Wildman–Crippen MR) is 81.0 cm³/mol. The van der Waals surface area contributed by atoms with Crippen LogP contribution < -0.4 is 10.3 Å². The Bertz CT molecular complexity index is 754. The first-order chi connectivity index (χ1) is 10.2. The van der Waals surface area contributed by atoms with Crippen LogP contribution in [0.3, 0.4) is 0 Å². The minimum Gasteiger partial charge on any atom is -0.277 e. The van der Waals surface area contributed by atoms with Crippen molar-refractivity contribution in [3.63, 3.8) is 0 Å². The molecule has 1 aliphatic heterocycles. The van der Waals surface area contributed by atoms with Gasteiger partial charge >= 0.3 is 0 Å². The number of nitrogens with one attached hydrogen (secondary N) is 2. The van der Waals surface area contributed by atoms with Crippen LogP contribution in [0.15, 0.2) is 29.2 Å². The van der Waals surface area contributed by atoms with Crippen molar-refractivity contribution in [1.29, 1.82) is 0 Å². The van der Waals surface area contributed by atoms with Crippen LogP contribution in [0.1, 0.15) is 18.9 Å². The summed E-state index contributed by atoms with van der Waals surface area (Å²) in [6.07, 6.45) is 1.00. The highest BCUT2D eigenvalue weighted by molar-refractivity contribution is 7.91. The number of hydrogen-bond donors (Lipinski definition) is 2. The number of carbonyl (C=O) groups is 1. The maximum absolute atomic E-state index is 12.0. The first-order valence-electron chi connectivity index (χ1n) is 6.84. The molecule has 0 spiro atoms. The second kappa shape index (κ2) is 6.35. The van der Waals surface area contributed by atoms with Gasteiger partial charge in [0.15, 0.2) is 9.84 Å². The largest absolute Gasteiger partial charge is 0.277 e. The van der Waals surface area contributed by atoms with Gasteiger partial charge < -0.3 is 0 Å². The molecule has 1 heterocycles. The summed E-state index contributed by atoms with van der Waals surface area (Å²) in [5, 5.41) is 0. The molecule has 0 aliphatic carbocycles. The van der Waals surface area contributed by atoms with Gasteiger partial charge in [-0.2, -0.15) is 0 Å². The fourth-order valence-corrected chi connectivity index (χ4v) is 4.77. The molecule has 22 heavy (non-hydrogen) atoms. The molecule has 0 saturated carbocycles. The summed E-state index contributed by atoms with van der Waals surface area (Å²) in [5.41, 5.74) is 3.09. The Hall–Kier alpha value is -1.45. The normalized spacial score (nSPS) is 20.7. The van der Waals surface area contributed by atoms with Gasteiger partial charge in [0.2, 0.25) is 5.91 Å². The summed E-state index contributed by atoms with van der Waals surface area (Å²) in [6, 6.07) is 6.29. The number of sulfonamides is 1. The first-order valence-corrected chi connectivity index (χ1v) is 10.1. The van der Waals surface area contributed by atoms with E-state index in [-0.39, 0.29) is 22.8 Å². The number of hydrazine groups is 1. The summed E-state index contributed by atoms with van der Waals surface area (Å²) >= 11 is 0. The van der Waals surface area contributed by atoms with E-state index >= 15 is 0 Å². The summed E-state index contributed by atoms with van der Waals surface area (Å²) in [7, 11) is -7.06. The number of benzene rings is 1. The highest BCUT2D eigenvalue weighted by atomic mass is 32.2. The topological polar surface area (TPSA) is 109 Å². The lowest BCUT2D eigenvalue weighted by Gasteiger charge is -2.11. The van der Waals surface area contributed by atoms with Crippen molar-refractivity contribution >= 4 is 25.8 Å². The van der Waals surface area contributed by atoms with E-state index in [1.54, 1.807) is 12.1 Å². The lowest BCUT2D eigenvalue weighted by molar-refractivity contribution is -0.124. The number of rotatable bonds is 5. The molecule has 1 atom stereocenters. The van der Waals surface area contributed by atoms with E-state index in [9.17, 15) is 21.6 Å². The molecule has 0 unspecified atom stereocenters. The van der Waals surface area contributed by atoms with Crippen LogP contribution in [-0.4, -0.2) is 34.2 Å². The molecule has 122 valence electrons. The van der Waals surface area contributed by atoms with E-state index in [0.29, 0.717) is 0 Å². The van der Waals surface area contributed by atoms with Crippen molar-refractivity contribution < 1.29 is 21.6 Å². The Morgan fingerprint density at radius 1 is 1.27 bits per heavy atom. The maximum atomic E-state index is 12.0. The number of sulfone groups is 1. The Labute approximate surface area is 130 Å². The van der Waals surface area contributed by atoms with E-state index in [0.717, 1.165) is 12.0 Å². The molecule has 1 aromatic carbocycles. The smallest absolute Gasteiger partial charge is 0.257 e. The van der Waals surface area contributed by atoms with Gasteiger partial charge in [0, 0.05) is 0 Å². The average molecular weight is 346 g/mol. The zero-order valence-electron chi connectivity index (χ0n) is 12.1. The van der Waals surface area contributed by atoms with Crippen LogP contribution in [0.4, 0.5) is 0 Å². The van der Waals surface area contributed by atoms with Gasteiger partial charge in [0.1, 0.15) is 0 Å². The van der Waals surface area contributed by atoms with Gasteiger partial charge in [0.25, 0.3) is 10.0 Å². The van der Waals surface area contributed by atoms with Crippen molar-refractivity contribution in [3.05, 3.63) is 29.8 Å². The second-order valence-electron chi connectivity index (χ2n) is 5.19. The van der Waals surface area contributed by atoms with Crippen LogP contribution in [0, 0.1) is 5.92 Å². The van der Waals surface area contributed by atoms with E-state index in [1.807, 2.05) is 11.8 Å². The van der Waals surface area contributed by atoms with Crippen LogP contribution in [0.25, 0.3) is 0 Å². The number of carbonyl (C=O) groups excluding carboxylic acids is 1. The van der Waals surface area contributed by atoms with Gasteiger partial charge in [-0.3, -0.25) is 10.2 Å². The second-order valence-corrected chi connectivity index (χ2v) is 9.10. The first kappa shape index (κ1) is 16.9. The van der Waals surface area contributed by atoms with E-state index in [1.165, 1.54) is 12.1 Å². The number of aryl methyl sites for hydroxylation is 1. The molecule has 1 aliphatic rings.